The van der Waals surface area contributed by atoms with Crippen molar-refractivity contribution in [1.82, 2.24) is 0 Å². The summed E-state index contributed by atoms with van der Waals surface area (Å²) in [6, 6.07) is 11.2. The third-order valence-electron chi connectivity index (χ3n) is 3.35. The van der Waals surface area contributed by atoms with Crippen molar-refractivity contribution in [2.75, 3.05) is 19.8 Å². The molecule has 0 heterocycles. The van der Waals surface area contributed by atoms with Gasteiger partial charge < -0.3 is 14.2 Å². The molecule has 2 rings (SSSR count). The van der Waals surface area contributed by atoms with E-state index in [0.717, 1.165) is 23.2 Å². The number of benzene rings is 2. The third-order valence-corrected chi connectivity index (χ3v) is 3.35. The minimum absolute atomic E-state index is 0.397. The van der Waals surface area contributed by atoms with Gasteiger partial charge in [0.15, 0.2) is 11.5 Å². The highest BCUT2D eigenvalue weighted by Gasteiger charge is 2.07. The molecule has 0 aliphatic heterocycles. The molecule has 0 N–H and O–H groups in total. The molecule has 0 saturated heterocycles. The second-order valence-corrected chi connectivity index (χ2v) is 5.22. The zero-order valence-electron chi connectivity index (χ0n) is 13.8. The van der Waals surface area contributed by atoms with E-state index in [0.29, 0.717) is 36.9 Å². The summed E-state index contributed by atoms with van der Waals surface area (Å²) in [5, 5.41) is 0. The number of carbonyl (C=O) groups is 1. The highest BCUT2D eigenvalue weighted by Crippen LogP contribution is 2.28. The summed E-state index contributed by atoms with van der Waals surface area (Å²) in [7, 11) is 0. The second kappa shape index (κ2) is 8.22. The van der Waals surface area contributed by atoms with Gasteiger partial charge in [0.05, 0.1) is 6.61 Å². The smallest absolute Gasteiger partial charge is 0.161 e. The summed E-state index contributed by atoms with van der Waals surface area (Å²) in [6.07, 6.45) is 0.788. The average molecular weight is 314 g/mol. The van der Waals surface area contributed by atoms with Crippen molar-refractivity contribution in [2.45, 2.75) is 20.8 Å². The van der Waals surface area contributed by atoms with E-state index in [1.807, 2.05) is 32.9 Å². The van der Waals surface area contributed by atoms with Gasteiger partial charge in [-0.3, -0.25) is 4.79 Å². The number of hydrogen-bond acceptors (Lipinski definition) is 4. The Morgan fingerprint density at radius 2 is 1.61 bits per heavy atom. The van der Waals surface area contributed by atoms with Gasteiger partial charge in [0.25, 0.3) is 0 Å². The molecule has 0 aromatic heterocycles. The maximum Gasteiger partial charge on any atom is 0.161 e. The summed E-state index contributed by atoms with van der Waals surface area (Å²) >= 11 is 0. The van der Waals surface area contributed by atoms with Crippen LogP contribution in [0, 0.1) is 13.8 Å². The summed E-state index contributed by atoms with van der Waals surface area (Å²) in [5.41, 5.74) is 2.82. The van der Waals surface area contributed by atoms with Gasteiger partial charge in [0, 0.05) is 5.56 Å². The SMILES string of the molecule is CCOc1cc(C=O)ccc1OCCOc1cc(C)ccc1C. The molecule has 0 aliphatic rings. The molecule has 0 atom stereocenters. The van der Waals surface area contributed by atoms with Crippen LogP contribution in [-0.2, 0) is 0 Å². The number of ether oxygens (including phenoxy) is 3. The van der Waals surface area contributed by atoms with Crippen molar-refractivity contribution in [3.05, 3.63) is 53.1 Å². The van der Waals surface area contributed by atoms with Crippen LogP contribution in [-0.4, -0.2) is 26.1 Å². The van der Waals surface area contributed by atoms with Crippen LogP contribution in [0.25, 0.3) is 0 Å². The van der Waals surface area contributed by atoms with Crippen molar-refractivity contribution in [3.63, 3.8) is 0 Å². The fourth-order valence-electron chi connectivity index (χ4n) is 2.15. The Balaban J connectivity index is 1.93. The molecular weight excluding hydrogens is 292 g/mol. The molecule has 2 aromatic rings. The van der Waals surface area contributed by atoms with Crippen LogP contribution in [0.1, 0.15) is 28.4 Å². The molecule has 0 spiro atoms. The maximum atomic E-state index is 10.8. The normalized spacial score (nSPS) is 10.2. The summed E-state index contributed by atoms with van der Waals surface area (Å²) in [4.78, 5) is 10.8. The van der Waals surface area contributed by atoms with Crippen molar-refractivity contribution in [3.8, 4) is 17.2 Å². The predicted octanol–water partition coefficient (Wildman–Crippen LogP) is 3.97. The third kappa shape index (κ3) is 4.74. The molecule has 122 valence electrons. The lowest BCUT2D eigenvalue weighted by Gasteiger charge is -2.13. The van der Waals surface area contributed by atoms with Gasteiger partial charge in [-0.15, -0.1) is 0 Å². The lowest BCUT2D eigenvalue weighted by molar-refractivity contribution is 0.112. The molecule has 0 fully saturated rings. The van der Waals surface area contributed by atoms with E-state index in [1.165, 1.54) is 0 Å². The average Bonchev–Trinajstić information content (AvgIpc) is 2.55. The zero-order chi connectivity index (χ0) is 16.7. The van der Waals surface area contributed by atoms with Gasteiger partial charge in [0.2, 0.25) is 0 Å². The highest BCUT2D eigenvalue weighted by molar-refractivity contribution is 5.76. The van der Waals surface area contributed by atoms with Gasteiger partial charge in [-0.05, 0) is 56.2 Å². The topological polar surface area (TPSA) is 44.8 Å². The van der Waals surface area contributed by atoms with E-state index in [1.54, 1.807) is 18.2 Å². The molecule has 4 nitrogen and oxygen atoms in total. The molecule has 2 aromatic carbocycles. The summed E-state index contributed by atoms with van der Waals surface area (Å²) in [5.74, 6) is 2.06. The first-order chi connectivity index (χ1) is 11.1. The first-order valence-corrected chi connectivity index (χ1v) is 7.69. The molecule has 4 heteroatoms. The molecule has 0 bridgehead atoms. The first-order valence-electron chi connectivity index (χ1n) is 7.69. The molecular formula is C19H22O4. The van der Waals surface area contributed by atoms with Gasteiger partial charge in [-0.2, -0.15) is 0 Å². The number of rotatable bonds is 8. The highest BCUT2D eigenvalue weighted by atomic mass is 16.5. The van der Waals surface area contributed by atoms with Crippen molar-refractivity contribution < 1.29 is 19.0 Å². The van der Waals surface area contributed by atoms with Crippen LogP contribution in [0.5, 0.6) is 17.2 Å². The lowest BCUT2D eigenvalue weighted by Crippen LogP contribution is -2.10. The van der Waals surface area contributed by atoms with Crippen LogP contribution in [0.4, 0.5) is 0 Å². The van der Waals surface area contributed by atoms with E-state index < -0.39 is 0 Å². The van der Waals surface area contributed by atoms with Gasteiger partial charge in [-0.1, -0.05) is 12.1 Å². The summed E-state index contributed by atoms with van der Waals surface area (Å²) < 4.78 is 17.0. The summed E-state index contributed by atoms with van der Waals surface area (Å²) in [6.45, 7) is 7.28. The fourth-order valence-corrected chi connectivity index (χ4v) is 2.15. The Morgan fingerprint density at radius 1 is 0.870 bits per heavy atom. The minimum atomic E-state index is 0.397. The predicted molar refractivity (Wildman–Crippen MR) is 89.9 cm³/mol. The van der Waals surface area contributed by atoms with Crippen molar-refractivity contribution in [1.29, 1.82) is 0 Å². The van der Waals surface area contributed by atoms with Crippen molar-refractivity contribution >= 4 is 6.29 Å². The molecule has 0 saturated carbocycles. The Morgan fingerprint density at radius 3 is 2.30 bits per heavy atom. The monoisotopic (exact) mass is 314 g/mol. The van der Waals surface area contributed by atoms with Crippen molar-refractivity contribution in [2.24, 2.45) is 0 Å². The van der Waals surface area contributed by atoms with E-state index in [4.69, 9.17) is 14.2 Å². The Kier molecular flexibility index (Phi) is 6.03. The Labute approximate surface area is 137 Å². The standard InChI is InChI=1S/C19H22O4/c1-4-21-19-12-16(13-20)7-8-17(19)22-9-10-23-18-11-14(2)5-6-15(18)3/h5-8,11-13H,4,9-10H2,1-3H3. The maximum absolute atomic E-state index is 10.8. The number of hydrogen-bond donors (Lipinski definition) is 0. The number of carbonyl (C=O) groups excluding carboxylic acids is 1. The molecule has 23 heavy (non-hydrogen) atoms. The van der Waals surface area contributed by atoms with E-state index >= 15 is 0 Å². The van der Waals surface area contributed by atoms with E-state index in [2.05, 4.69) is 6.07 Å². The lowest BCUT2D eigenvalue weighted by atomic mass is 10.1. The first kappa shape index (κ1) is 16.9. The quantitative estimate of drug-likeness (QED) is 0.546. The Bertz CT molecular complexity index is 664. The molecule has 0 unspecified atom stereocenters. The van der Waals surface area contributed by atoms with E-state index in [-0.39, 0.29) is 0 Å². The zero-order valence-corrected chi connectivity index (χ0v) is 13.8. The molecule has 0 amide bonds. The number of aldehydes is 1. The second-order valence-electron chi connectivity index (χ2n) is 5.22. The Hall–Kier alpha value is -2.49. The van der Waals surface area contributed by atoms with Crippen LogP contribution < -0.4 is 14.2 Å². The molecule has 0 radical (unpaired) electrons. The van der Waals surface area contributed by atoms with Gasteiger partial charge >= 0.3 is 0 Å². The van der Waals surface area contributed by atoms with Gasteiger partial charge in [0.1, 0.15) is 25.2 Å². The van der Waals surface area contributed by atoms with Crippen LogP contribution in [0.3, 0.4) is 0 Å². The van der Waals surface area contributed by atoms with Crippen LogP contribution >= 0.6 is 0 Å². The van der Waals surface area contributed by atoms with Gasteiger partial charge in [-0.25, -0.2) is 0 Å². The minimum Gasteiger partial charge on any atom is -0.490 e. The number of aryl methyl sites for hydroxylation is 2. The van der Waals surface area contributed by atoms with E-state index in [9.17, 15) is 4.79 Å². The fraction of sp³-hybridized carbons (Fsp3) is 0.316. The van der Waals surface area contributed by atoms with Crippen LogP contribution in [0.15, 0.2) is 36.4 Å². The molecule has 0 aliphatic carbocycles. The largest absolute Gasteiger partial charge is 0.490 e. The van der Waals surface area contributed by atoms with Crippen LogP contribution in [0.2, 0.25) is 0 Å².